The highest BCUT2D eigenvalue weighted by atomic mass is 79.9. The molecule has 0 atom stereocenters. The molecule has 0 fully saturated rings. The molecule has 0 amide bonds. The van der Waals surface area contributed by atoms with Crippen LogP contribution in [0.15, 0.2) is 93.1 Å². The monoisotopic (exact) mass is 680 g/mol. The van der Waals surface area contributed by atoms with Gasteiger partial charge in [0.2, 0.25) is 0 Å². The second-order valence-electron chi connectivity index (χ2n) is 10.2. The highest BCUT2D eigenvalue weighted by Gasteiger charge is 2.23. The van der Waals surface area contributed by atoms with Crippen LogP contribution in [-0.2, 0) is 20.0 Å². The van der Waals surface area contributed by atoms with Crippen LogP contribution < -0.4 is 11.5 Å². The first-order valence-corrected chi connectivity index (χ1v) is 16.7. The summed E-state index contributed by atoms with van der Waals surface area (Å²) in [5, 5.41) is 9.89. The van der Waals surface area contributed by atoms with Crippen LogP contribution in [0.2, 0.25) is 0 Å². The molecule has 0 saturated carbocycles. The SMILES string of the molecule is Cc1ccc(S(=O)(=O)n2nc(C)c3cc(Br)c(N)cc32)cc1.Cc1ccc(S(=O)(=O)n2nc(C)c3ccc(N)cc32)cc1. The third-order valence-corrected chi connectivity index (χ3v) is 10.8. The molecule has 13 heteroatoms. The van der Waals surface area contributed by atoms with Gasteiger partial charge >= 0.3 is 0 Å². The Morgan fingerprint density at radius 2 is 1.05 bits per heavy atom. The molecule has 10 nitrogen and oxygen atoms in total. The number of halogens is 1. The largest absolute Gasteiger partial charge is 0.399 e. The van der Waals surface area contributed by atoms with Crippen LogP contribution in [-0.4, -0.2) is 35.2 Å². The van der Waals surface area contributed by atoms with E-state index in [1.807, 2.05) is 13.8 Å². The predicted octanol–water partition coefficient (Wildman–Crippen LogP) is 5.71. The van der Waals surface area contributed by atoms with E-state index >= 15 is 0 Å². The number of hydrogen-bond acceptors (Lipinski definition) is 8. The fourth-order valence-electron chi connectivity index (χ4n) is 4.51. The van der Waals surface area contributed by atoms with Gasteiger partial charge in [-0.1, -0.05) is 35.4 Å². The highest BCUT2D eigenvalue weighted by molar-refractivity contribution is 9.10. The van der Waals surface area contributed by atoms with E-state index in [0.717, 1.165) is 34.5 Å². The Balaban J connectivity index is 0.000000171. The molecule has 0 aliphatic rings. The zero-order valence-corrected chi connectivity index (χ0v) is 27.0. The van der Waals surface area contributed by atoms with Crippen LogP contribution in [0.1, 0.15) is 22.5 Å². The molecule has 0 radical (unpaired) electrons. The molecule has 6 rings (SSSR count). The van der Waals surface area contributed by atoms with E-state index in [-0.39, 0.29) is 9.79 Å². The molecular weight excluding hydrogens is 652 g/mol. The number of nitrogens with two attached hydrogens (primary N) is 2. The normalized spacial score (nSPS) is 11.9. The minimum absolute atomic E-state index is 0.198. The zero-order valence-electron chi connectivity index (χ0n) is 23.8. The average molecular weight is 682 g/mol. The third kappa shape index (κ3) is 5.63. The quantitative estimate of drug-likeness (QED) is 0.224. The summed E-state index contributed by atoms with van der Waals surface area (Å²) in [6.45, 7) is 7.36. The van der Waals surface area contributed by atoms with Crippen molar-refractivity contribution < 1.29 is 16.8 Å². The van der Waals surface area contributed by atoms with E-state index in [4.69, 9.17) is 11.5 Å². The summed E-state index contributed by atoms with van der Waals surface area (Å²) in [4.78, 5) is 0.406. The van der Waals surface area contributed by atoms with E-state index in [9.17, 15) is 16.8 Å². The maximum atomic E-state index is 12.8. The topological polar surface area (TPSA) is 156 Å². The van der Waals surface area contributed by atoms with Crippen molar-refractivity contribution in [3.63, 3.8) is 0 Å². The summed E-state index contributed by atoms with van der Waals surface area (Å²) in [5.74, 6) is 0. The van der Waals surface area contributed by atoms with Gasteiger partial charge in [-0.15, -0.1) is 0 Å². The van der Waals surface area contributed by atoms with Crippen molar-refractivity contribution in [1.29, 1.82) is 0 Å². The molecule has 0 aliphatic carbocycles. The Hall–Kier alpha value is -4.20. The second kappa shape index (κ2) is 11.1. The van der Waals surface area contributed by atoms with Crippen molar-refractivity contribution in [3.8, 4) is 0 Å². The van der Waals surface area contributed by atoms with Gasteiger partial charge < -0.3 is 11.5 Å². The lowest BCUT2D eigenvalue weighted by Crippen LogP contribution is -2.14. The minimum atomic E-state index is -3.76. The van der Waals surface area contributed by atoms with Gasteiger partial charge in [-0.05, 0) is 98.2 Å². The minimum Gasteiger partial charge on any atom is -0.399 e. The molecule has 222 valence electrons. The molecule has 0 unspecified atom stereocenters. The number of aromatic nitrogens is 4. The van der Waals surface area contributed by atoms with Crippen molar-refractivity contribution in [2.24, 2.45) is 0 Å². The average Bonchev–Trinajstić information content (AvgIpc) is 3.46. The number of nitrogens with zero attached hydrogens (tertiary/aromatic N) is 4. The first-order chi connectivity index (χ1) is 20.2. The molecule has 4 N–H and O–H groups in total. The van der Waals surface area contributed by atoms with Gasteiger partial charge in [0.25, 0.3) is 20.0 Å². The first kappa shape index (κ1) is 30.3. The summed E-state index contributed by atoms with van der Waals surface area (Å²) < 4.78 is 53.9. The summed E-state index contributed by atoms with van der Waals surface area (Å²) in [6, 6.07) is 21.9. The number of aryl methyl sites for hydroxylation is 4. The van der Waals surface area contributed by atoms with Crippen molar-refractivity contribution >= 4 is 69.2 Å². The number of fused-ring (bicyclic) bond motifs is 2. The highest BCUT2D eigenvalue weighted by Crippen LogP contribution is 2.30. The Kier molecular flexibility index (Phi) is 7.84. The molecule has 6 aromatic rings. The molecule has 0 aliphatic heterocycles. The van der Waals surface area contributed by atoms with Crippen LogP contribution in [0.3, 0.4) is 0 Å². The van der Waals surface area contributed by atoms with Gasteiger partial charge in [0, 0.05) is 26.6 Å². The number of anilines is 2. The van der Waals surface area contributed by atoms with Gasteiger partial charge in [0.05, 0.1) is 32.2 Å². The van der Waals surface area contributed by atoms with Gasteiger partial charge in [-0.3, -0.25) is 0 Å². The number of nitrogen functional groups attached to an aromatic ring is 2. The Morgan fingerprint density at radius 3 is 1.53 bits per heavy atom. The Labute approximate surface area is 258 Å². The smallest absolute Gasteiger partial charge is 0.283 e. The van der Waals surface area contributed by atoms with Crippen LogP contribution in [0.4, 0.5) is 11.4 Å². The van der Waals surface area contributed by atoms with Crippen molar-refractivity contribution in [2.45, 2.75) is 37.5 Å². The van der Waals surface area contributed by atoms with E-state index in [1.165, 1.54) is 0 Å². The van der Waals surface area contributed by atoms with Gasteiger partial charge in [-0.2, -0.15) is 35.2 Å². The van der Waals surface area contributed by atoms with E-state index < -0.39 is 20.0 Å². The lowest BCUT2D eigenvalue weighted by Gasteiger charge is -2.07. The number of hydrogen-bond donors (Lipinski definition) is 2. The number of rotatable bonds is 4. The summed E-state index contributed by atoms with van der Waals surface area (Å²) >= 11 is 3.35. The van der Waals surface area contributed by atoms with Crippen molar-refractivity contribution in [2.75, 3.05) is 11.5 Å². The Morgan fingerprint density at radius 1 is 0.605 bits per heavy atom. The molecule has 0 saturated heterocycles. The number of benzene rings is 4. The maximum Gasteiger partial charge on any atom is 0.283 e. The second-order valence-corrected chi connectivity index (χ2v) is 14.5. The standard InChI is InChI=1S/C15H14BrN3O2S.C15H15N3O2S/c1-9-3-5-11(6-4-9)22(20,21)19-15-8-14(17)13(16)7-12(15)10(2)18-19;1-10-3-6-13(7-4-10)21(19,20)18-15-9-12(16)5-8-14(15)11(2)17-18/h3-8H,17H2,1-2H3;3-9H,16H2,1-2H3. The van der Waals surface area contributed by atoms with Crippen LogP contribution >= 0.6 is 15.9 Å². The van der Waals surface area contributed by atoms with Crippen LogP contribution in [0.25, 0.3) is 21.8 Å². The van der Waals surface area contributed by atoms with E-state index in [1.54, 1.807) is 92.7 Å². The maximum absolute atomic E-state index is 12.8. The lowest BCUT2D eigenvalue weighted by molar-refractivity contribution is 0.580. The van der Waals surface area contributed by atoms with Gasteiger partial charge in [0.15, 0.2) is 0 Å². The molecule has 2 aromatic heterocycles. The predicted molar refractivity (Wildman–Crippen MR) is 173 cm³/mol. The molecule has 4 aromatic carbocycles. The van der Waals surface area contributed by atoms with Gasteiger partial charge in [0.1, 0.15) is 0 Å². The molecule has 0 spiro atoms. The fraction of sp³-hybridized carbons (Fsp3) is 0.133. The van der Waals surface area contributed by atoms with Crippen LogP contribution in [0.5, 0.6) is 0 Å². The third-order valence-electron chi connectivity index (χ3n) is 6.90. The lowest BCUT2D eigenvalue weighted by atomic mass is 10.2. The van der Waals surface area contributed by atoms with E-state index in [2.05, 4.69) is 26.1 Å². The fourth-order valence-corrected chi connectivity index (χ4v) is 7.50. The van der Waals surface area contributed by atoms with E-state index in [0.29, 0.717) is 33.8 Å². The van der Waals surface area contributed by atoms with Crippen molar-refractivity contribution in [3.05, 3.63) is 106 Å². The summed E-state index contributed by atoms with van der Waals surface area (Å²) in [7, 11) is -7.48. The summed E-state index contributed by atoms with van der Waals surface area (Å²) in [5.41, 5.74) is 16.9. The molecule has 0 bridgehead atoms. The van der Waals surface area contributed by atoms with Crippen LogP contribution in [0, 0.1) is 27.7 Å². The summed E-state index contributed by atoms with van der Waals surface area (Å²) in [6.07, 6.45) is 0. The molecular formula is C30H29BrN6O4S2. The first-order valence-electron chi connectivity index (χ1n) is 13.0. The molecule has 43 heavy (non-hydrogen) atoms. The van der Waals surface area contributed by atoms with Gasteiger partial charge in [-0.25, -0.2) is 0 Å². The molecule has 2 heterocycles. The zero-order chi connectivity index (χ0) is 31.3. The Bertz CT molecular complexity index is 2220. The van der Waals surface area contributed by atoms with Crippen molar-refractivity contribution in [1.82, 2.24) is 18.4 Å².